The van der Waals surface area contributed by atoms with Crippen molar-refractivity contribution in [1.29, 1.82) is 0 Å². The Labute approximate surface area is 71.8 Å². The summed E-state index contributed by atoms with van der Waals surface area (Å²) in [4.78, 5) is 0. The summed E-state index contributed by atoms with van der Waals surface area (Å²) in [5.41, 5.74) is 8.55. The number of hydrogen-bond acceptors (Lipinski definition) is 3. The maximum atomic E-state index is 5.16. The number of nitrogens with zero attached hydrogens (tertiary/aromatic N) is 1. The van der Waals surface area contributed by atoms with E-state index in [-0.39, 0.29) is 5.11 Å². The van der Waals surface area contributed by atoms with E-state index in [0.717, 1.165) is 12.1 Å². The molecule has 0 aliphatic rings. The SMILES string of the molecule is CCC(COC)=NNC(N)=S. The number of methoxy groups -OCH3 is 1. The van der Waals surface area contributed by atoms with Gasteiger partial charge in [-0.25, -0.2) is 0 Å². The van der Waals surface area contributed by atoms with Crippen molar-refractivity contribution >= 4 is 23.0 Å². The van der Waals surface area contributed by atoms with Gasteiger partial charge in [0.25, 0.3) is 0 Å². The summed E-state index contributed by atoms with van der Waals surface area (Å²) in [6, 6.07) is 0. The largest absolute Gasteiger partial charge is 0.379 e. The minimum atomic E-state index is 0.173. The van der Waals surface area contributed by atoms with E-state index in [0.29, 0.717) is 6.61 Å². The van der Waals surface area contributed by atoms with E-state index in [1.165, 1.54) is 0 Å². The van der Waals surface area contributed by atoms with Gasteiger partial charge in [0.15, 0.2) is 5.11 Å². The summed E-state index contributed by atoms with van der Waals surface area (Å²) in [6.45, 7) is 2.49. The lowest BCUT2D eigenvalue weighted by molar-refractivity contribution is 0.243. The Morgan fingerprint density at radius 2 is 2.36 bits per heavy atom. The van der Waals surface area contributed by atoms with Crippen LogP contribution in [0.3, 0.4) is 0 Å². The molecule has 0 saturated carbocycles. The zero-order chi connectivity index (χ0) is 8.69. The van der Waals surface area contributed by atoms with Gasteiger partial charge in [0.1, 0.15) is 0 Å². The Morgan fingerprint density at radius 1 is 1.73 bits per heavy atom. The standard InChI is InChI=1S/C6H13N3OS/c1-3-5(4-10-2)8-9-6(7)11/h3-4H2,1-2H3,(H3,7,9,11). The Morgan fingerprint density at radius 3 is 2.73 bits per heavy atom. The molecule has 0 aromatic carbocycles. The minimum Gasteiger partial charge on any atom is -0.379 e. The molecule has 3 N–H and O–H groups in total. The van der Waals surface area contributed by atoms with Gasteiger partial charge in [0.2, 0.25) is 0 Å². The molecule has 0 radical (unpaired) electrons. The number of ether oxygens (including phenoxy) is 1. The third kappa shape index (κ3) is 5.75. The van der Waals surface area contributed by atoms with E-state index >= 15 is 0 Å². The van der Waals surface area contributed by atoms with Crippen LogP contribution in [-0.2, 0) is 4.74 Å². The van der Waals surface area contributed by atoms with Crippen LogP contribution in [0.25, 0.3) is 0 Å². The molecule has 0 aromatic heterocycles. The normalized spacial score (nSPS) is 11.3. The number of rotatable bonds is 4. The van der Waals surface area contributed by atoms with E-state index in [4.69, 9.17) is 10.5 Å². The number of hydrazone groups is 1. The average Bonchev–Trinajstić information content (AvgIpc) is 1.97. The molecule has 0 aliphatic carbocycles. The van der Waals surface area contributed by atoms with Gasteiger partial charge in [-0.15, -0.1) is 0 Å². The summed E-state index contributed by atoms with van der Waals surface area (Å²) in [6.07, 6.45) is 0.823. The maximum absolute atomic E-state index is 5.16. The van der Waals surface area contributed by atoms with E-state index in [2.05, 4.69) is 22.7 Å². The van der Waals surface area contributed by atoms with Gasteiger partial charge in [0, 0.05) is 7.11 Å². The van der Waals surface area contributed by atoms with E-state index < -0.39 is 0 Å². The lowest BCUT2D eigenvalue weighted by Gasteiger charge is -2.01. The molecule has 0 aromatic rings. The van der Waals surface area contributed by atoms with Crippen molar-refractivity contribution in [2.75, 3.05) is 13.7 Å². The highest BCUT2D eigenvalue weighted by Gasteiger charge is 1.93. The average molecular weight is 175 g/mol. The summed E-state index contributed by atoms with van der Waals surface area (Å²) in [5, 5.41) is 4.08. The van der Waals surface area contributed by atoms with Crippen molar-refractivity contribution in [3.63, 3.8) is 0 Å². The van der Waals surface area contributed by atoms with Crippen LogP contribution < -0.4 is 11.2 Å². The number of nitrogens with one attached hydrogen (secondary N) is 1. The fraction of sp³-hybridized carbons (Fsp3) is 0.667. The molecular formula is C6H13N3OS. The molecular weight excluding hydrogens is 162 g/mol. The van der Waals surface area contributed by atoms with Crippen LogP contribution in [0.4, 0.5) is 0 Å². The number of thiocarbonyl (C=S) groups is 1. The summed E-state index contributed by atoms with van der Waals surface area (Å²) in [7, 11) is 1.62. The number of nitrogens with two attached hydrogens (primary N) is 1. The highest BCUT2D eigenvalue weighted by atomic mass is 32.1. The van der Waals surface area contributed by atoms with Crippen LogP contribution in [0.1, 0.15) is 13.3 Å². The van der Waals surface area contributed by atoms with Crippen LogP contribution in [0.2, 0.25) is 0 Å². The summed E-state index contributed by atoms with van der Waals surface area (Å²) >= 11 is 4.56. The van der Waals surface area contributed by atoms with Crippen molar-refractivity contribution < 1.29 is 4.74 Å². The van der Waals surface area contributed by atoms with Crippen molar-refractivity contribution in [1.82, 2.24) is 5.43 Å². The first-order chi connectivity index (χ1) is 5.20. The molecule has 0 rings (SSSR count). The second-order valence-electron chi connectivity index (χ2n) is 1.94. The van der Waals surface area contributed by atoms with Crippen molar-refractivity contribution in [3.05, 3.63) is 0 Å². The number of hydrogen-bond donors (Lipinski definition) is 2. The van der Waals surface area contributed by atoms with Gasteiger partial charge in [-0.1, -0.05) is 6.92 Å². The van der Waals surface area contributed by atoms with Gasteiger partial charge < -0.3 is 10.5 Å². The van der Waals surface area contributed by atoms with Gasteiger partial charge in [0.05, 0.1) is 12.3 Å². The van der Waals surface area contributed by atoms with Gasteiger partial charge in [-0.05, 0) is 18.6 Å². The topological polar surface area (TPSA) is 59.6 Å². The molecule has 0 bridgehead atoms. The quantitative estimate of drug-likeness (QED) is 0.365. The molecule has 11 heavy (non-hydrogen) atoms. The zero-order valence-electron chi connectivity index (χ0n) is 6.76. The van der Waals surface area contributed by atoms with Gasteiger partial charge in [-0.3, -0.25) is 5.43 Å². The molecule has 0 spiro atoms. The minimum absolute atomic E-state index is 0.173. The Hall–Kier alpha value is -0.680. The van der Waals surface area contributed by atoms with Crippen LogP contribution in [0, 0.1) is 0 Å². The van der Waals surface area contributed by atoms with E-state index in [1.54, 1.807) is 7.11 Å². The molecule has 4 nitrogen and oxygen atoms in total. The highest BCUT2D eigenvalue weighted by Crippen LogP contribution is 1.84. The summed E-state index contributed by atoms with van der Waals surface area (Å²) in [5.74, 6) is 0. The molecule has 64 valence electrons. The molecule has 0 atom stereocenters. The fourth-order valence-electron chi connectivity index (χ4n) is 0.514. The Bertz CT molecular complexity index is 158. The predicted octanol–water partition coefficient (Wildman–Crippen LogP) is 0.232. The van der Waals surface area contributed by atoms with Crippen LogP contribution in [0.15, 0.2) is 5.10 Å². The van der Waals surface area contributed by atoms with Crippen molar-refractivity contribution in [2.24, 2.45) is 10.8 Å². The highest BCUT2D eigenvalue weighted by molar-refractivity contribution is 7.80. The third-order valence-electron chi connectivity index (χ3n) is 1.04. The third-order valence-corrected chi connectivity index (χ3v) is 1.13. The first-order valence-electron chi connectivity index (χ1n) is 3.30. The molecule has 0 aliphatic heterocycles. The second kappa shape index (κ2) is 6.06. The Balaban J connectivity index is 3.80. The Kier molecular flexibility index (Phi) is 5.68. The van der Waals surface area contributed by atoms with Crippen molar-refractivity contribution in [2.45, 2.75) is 13.3 Å². The van der Waals surface area contributed by atoms with Crippen molar-refractivity contribution in [3.8, 4) is 0 Å². The molecule has 0 saturated heterocycles. The molecule has 5 heteroatoms. The van der Waals surface area contributed by atoms with Gasteiger partial charge in [-0.2, -0.15) is 5.10 Å². The predicted molar refractivity (Wildman–Crippen MR) is 49.5 cm³/mol. The van der Waals surface area contributed by atoms with E-state index in [9.17, 15) is 0 Å². The van der Waals surface area contributed by atoms with Crippen LogP contribution in [0.5, 0.6) is 0 Å². The first kappa shape index (κ1) is 10.3. The van der Waals surface area contributed by atoms with Crippen LogP contribution in [-0.4, -0.2) is 24.5 Å². The molecule has 0 unspecified atom stereocenters. The van der Waals surface area contributed by atoms with Crippen LogP contribution >= 0.6 is 12.2 Å². The maximum Gasteiger partial charge on any atom is 0.184 e. The zero-order valence-corrected chi connectivity index (χ0v) is 7.57. The molecule has 0 fully saturated rings. The van der Waals surface area contributed by atoms with Gasteiger partial charge >= 0.3 is 0 Å². The smallest absolute Gasteiger partial charge is 0.184 e. The molecule has 0 amide bonds. The summed E-state index contributed by atoms with van der Waals surface area (Å²) < 4.78 is 4.87. The lowest BCUT2D eigenvalue weighted by Crippen LogP contribution is -2.26. The van der Waals surface area contributed by atoms with E-state index in [1.807, 2.05) is 6.92 Å². The monoisotopic (exact) mass is 175 g/mol. The molecule has 0 heterocycles. The second-order valence-corrected chi connectivity index (χ2v) is 2.38. The fourth-order valence-corrected chi connectivity index (χ4v) is 0.560. The first-order valence-corrected chi connectivity index (χ1v) is 3.71. The lowest BCUT2D eigenvalue weighted by atomic mass is 10.3.